The second-order valence-electron chi connectivity index (χ2n) is 6.70. The summed E-state index contributed by atoms with van der Waals surface area (Å²) in [5.41, 5.74) is 1.32. The van der Waals surface area contributed by atoms with E-state index in [4.69, 9.17) is 4.74 Å². The number of halogens is 1. The fourth-order valence-corrected chi connectivity index (χ4v) is 3.42. The van der Waals surface area contributed by atoms with Gasteiger partial charge >= 0.3 is 0 Å². The van der Waals surface area contributed by atoms with Gasteiger partial charge in [-0.05, 0) is 55.3 Å². The number of amides is 2. The van der Waals surface area contributed by atoms with Crippen LogP contribution in [0.15, 0.2) is 53.0 Å². The molecule has 27 heavy (non-hydrogen) atoms. The van der Waals surface area contributed by atoms with Gasteiger partial charge in [0.15, 0.2) is 6.61 Å². The molecule has 0 bridgehead atoms. The van der Waals surface area contributed by atoms with E-state index in [0.717, 1.165) is 30.2 Å². The van der Waals surface area contributed by atoms with Crippen LogP contribution in [0, 0.1) is 5.92 Å². The van der Waals surface area contributed by atoms with Crippen molar-refractivity contribution >= 4 is 39.1 Å². The first kappa shape index (κ1) is 19.4. The summed E-state index contributed by atoms with van der Waals surface area (Å²) in [7, 11) is 0. The van der Waals surface area contributed by atoms with Crippen LogP contribution in [0.4, 0.5) is 11.4 Å². The van der Waals surface area contributed by atoms with E-state index in [2.05, 4.69) is 26.6 Å². The molecule has 5 nitrogen and oxygen atoms in total. The zero-order chi connectivity index (χ0) is 19.1. The second-order valence-corrected chi connectivity index (χ2v) is 7.61. The fraction of sp³-hybridized carbons (Fsp3) is 0.333. The Hall–Kier alpha value is -2.34. The molecule has 0 radical (unpaired) electrons. The van der Waals surface area contributed by atoms with Gasteiger partial charge in [-0.1, -0.05) is 41.3 Å². The number of nitrogens with one attached hydrogen (secondary N) is 2. The van der Waals surface area contributed by atoms with Crippen molar-refractivity contribution in [1.29, 1.82) is 0 Å². The molecule has 2 aromatic rings. The highest BCUT2D eigenvalue weighted by Gasteiger charge is 2.21. The Balaban J connectivity index is 1.51. The lowest BCUT2D eigenvalue weighted by molar-refractivity contribution is -0.120. The number of hydrogen-bond donors (Lipinski definition) is 2. The van der Waals surface area contributed by atoms with Gasteiger partial charge in [0.25, 0.3) is 5.91 Å². The summed E-state index contributed by atoms with van der Waals surface area (Å²) in [6.07, 6.45) is 5.36. The highest BCUT2D eigenvalue weighted by atomic mass is 79.9. The van der Waals surface area contributed by atoms with Gasteiger partial charge in [0.05, 0.1) is 0 Å². The zero-order valence-corrected chi connectivity index (χ0v) is 16.6. The van der Waals surface area contributed by atoms with Gasteiger partial charge in [-0.15, -0.1) is 0 Å². The molecule has 0 atom stereocenters. The summed E-state index contributed by atoms with van der Waals surface area (Å²) >= 11 is 3.35. The summed E-state index contributed by atoms with van der Waals surface area (Å²) < 4.78 is 6.42. The number of carbonyl (C=O) groups excluding carboxylic acids is 2. The Bertz CT molecular complexity index is 786. The van der Waals surface area contributed by atoms with Crippen molar-refractivity contribution in [3.05, 3.63) is 53.0 Å². The van der Waals surface area contributed by atoms with Crippen molar-refractivity contribution in [2.24, 2.45) is 5.92 Å². The Morgan fingerprint density at radius 3 is 2.33 bits per heavy atom. The largest absolute Gasteiger partial charge is 0.484 e. The summed E-state index contributed by atoms with van der Waals surface area (Å²) in [5, 5.41) is 5.75. The normalized spacial score (nSPS) is 14.4. The number of anilines is 2. The van der Waals surface area contributed by atoms with Crippen molar-refractivity contribution in [2.75, 3.05) is 17.2 Å². The lowest BCUT2D eigenvalue weighted by Gasteiger charge is -2.20. The predicted molar refractivity (Wildman–Crippen MR) is 110 cm³/mol. The summed E-state index contributed by atoms with van der Waals surface area (Å²) in [4.78, 5) is 24.5. The number of rotatable bonds is 6. The average Bonchev–Trinajstić information content (AvgIpc) is 2.68. The van der Waals surface area contributed by atoms with Gasteiger partial charge in [0, 0.05) is 21.8 Å². The second kappa shape index (κ2) is 9.55. The first-order valence-electron chi connectivity index (χ1n) is 9.19. The maximum absolute atomic E-state index is 12.4. The first-order valence-corrected chi connectivity index (χ1v) is 9.98. The number of ether oxygens (including phenoxy) is 1. The molecule has 0 aromatic heterocycles. The summed E-state index contributed by atoms with van der Waals surface area (Å²) in [6.45, 7) is -0.0830. The summed E-state index contributed by atoms with van der Waals surface area (Å²) in [5.74, 6) is 0.531. The van der Waals surface area contributed by atoms with Crippen LogP contribution >= 0.6 is 15.9 Å². The van der Waals surface area contributed by atoms with E-state index in [1.54, 1.807) is 24.3 Å². The molecule has 2 aromatic carbocycles. The third-order valence-electron chi connectivity index (χ3n) is 4.57. The van der Waals surface area contributed by atoms with Gasteiger partial charge in [0.2, 0.25) is 5.91 Å². The Morgan fingerprint density at radius 2 is 1.63 bits per heavy atom. The van der Waals surface area contributed by atoms with E-state index in [0.29, 0.717) is 17.1 Å². The molecule has 0 aliphatic heterocycles. The van der Waals surface area contributed by atoms with Gasteiger partial charge in [-0.2, -0.15) is 0 Å². The molecule has 2 amide bonds. The first-order chi connectivity index (χ1) is 13.1. The maximum Gasteiger partial charge on any atom is 0.262 e. The van der Waals surface area contributed by atoms with Crippen LogP contribution in [-0.4, -0.2) is 18.4 Å². The van der Waals surface area contributed by atoms with E-state index >= 15 is 0 Å². The number of benzene rings is 2. The maximum atomic E-state index is 12.4. The molecule has 0 saturated heterocycles. The fourth-order valence-electron chi connectivity index (χ4n) is 3.16. The topological polar surface area (TPSA) is 67.4 Å². The van der Waals surface area contributed by atoms with Crippen LogP contribution in [0.25, 0.3) is 0 Å². The standard InChI is InChI=1S/C21H23BrN2O3/c22-16-9-11-19(12-10-16)27-14-20(25)23-17-7-4-8-18(13-17)24-21(26)15-5-2-1-3-6-15/h4,7-13,15H,1-3,5-6,14H2,(H,23,25)(H,24,26). The van der Waals surface area contributed by atoms with Crippen molar-refractivity contribution < 1.29 is 14.3 Å². The molecule has 1 aliphatic rings. The minimum absolute atomic E-state index is 0.0664. The van der Waals surface area contributed by atoms with E-state index in [9.17, 15) is 9.59 Å². The molecule has 0 heterocycles. The third-order valence-corrected chi connectivity index (χ3v) is 5.10. The molecule has 0 spiro atoms. The summed E-state index contributed by atoms with van der Waals surface area (Å²) in [6, 6.07) is 14.5. The minimum atomic E-state index is -0.256. The minimum Gasteiger partial charge on any atom is -0.484 e. The van der Waals surface area contributed by atoms with E-state index in [-0.39, 0.29) is 24.3 Å². The van der Waals surface area contributed by atoms with Crippen LogP contribution < -0.4 is 15.4 Å². The molecule has 6 heteroatoms. The average molecular weight is 431 g/mol. The van der Waals surface area contributed by atoms with Crippen molar-refractivity contribution in [3.8, 4) is 5.75 Å². The lowest BCUT2D eigenvalue weighted by Crippen LogP contribution is -2.25. The van der Waals surface area contributed by atoms with Crippen LogP contribution in [-0.2, 0) is 9.59 Å². The quantitative estimate of drug-likeness (QED) is 0.678. The molecular weight excluding hydrogens is 408 g/mol. The van der Waals surface area contributed by atoms with Crippen LogP contribution in [0.1, 0.15) is 32.1 Å². The Morgan fingerprint density at radius 1 is 0.963 bits per heavy atom. The van der Waals surface area contributed by atoms with E-state index in [1.807, 2.05) is 24.3 Å². The third kappa shape index (κ3) is 6.10. The van der Waals surface area contributed by atoms with Crippen molar-refractivity contribution in [3.63, 3.8) is 0 Å². The Kier molecular flexibility index (Phi) is 6.87. The molecule has 0 unspecified atom stereocenters. The molecule has 3 rings (SSSR count). The van der Waals surface area contributed by atoms with Gasteiger partial charge < -0.3 is 15.4 Å². The molecule has 1 fully saturated rings. The van der Waals surface area contributed by atoms with Gasteiger partial charge in [-0.25, -0.2) is 0 Å². The lowest BCUT2D eigenvalue weighted by atomic mass is 9.88. The Labute approximate surface area is 167 Å². The number of carbonyl (C=O) groups is 2. The van der Waals surface area contributed by atoms with E-state index < -0.39 is 0 Å². The highest BCUT2D eigenvalue weighted by molar-refractivity contribution is 9.10. The highest BCUT2D eigenvalue weighted by Crippen LogP contribution is 2.25. The van der Waals surface area contributed by atoms with Crippen molar-refractivity contribution in [2.45, 2.75) is 32.1 Å². The molecule has 2 N–H and O–H groups in total. The molecular formula is C21H23BrN2O3. The predicted octanol–water partition coefficient (Wildman–Crippen LogP) is 4.99. The smallest absolute Gasteiger partial charge is 0.262 e. The monoisotopic (exact) mass is 430 g/mol. The van der Waals surface area contributed by atoms with Crippen LogP contribution in [0.2, 0.25) is 0 Å². The van der Waals surface area contributed by atoms with Crippen LogP contribution in [0.5, 0.6) is 5.75 Å². The van der Waals surface area contributed by atoms with Gasteiger partial charge in [0.1, 0.15) is 5.75 Å². The van der Waals surface area contributed by atoms with Crippen molar-refractivity contribution in [1.82, 2.24) is 0 Å². The molecule has 1 saturated carbocycles. The molecule has 142 valence electrons. The van der Waals surface area contributed by atoms with E-state index in [1.165, 1.54) is 6.42 Å². The number of hydrogen-bond acceptors (Lipinski definition) is 3. The van der Waals surface area contributed by atoms with Gasteiger partial charge in [-0.3, -0.25) is 9.59 Å². The SMILES string of the molecule is O=C(COc1ccc(Br)cc1)Nc1cccc(NC(=O)C2CCCCC2)c1. The van der Waals surface area contributed by atoms with Crippen LogP contribution in [0.3, 0.4) is 0 Å². The molecule has 1 aliphatic carbocycles. The zero-order valence-electron chi connectivity index (χ0n) is 15.0.